The molecule has 0 aliphatic heterocycles. The standard InChI is InChI=1S/C20H14IN5O3S2/c1-26-17(6-7-24-26)16-11-14(21)2-4-19(16)29-18-5-3-15(10-13(18)12-22)31(27,28)25-20-23-8-9-30-20/h2-11H,1H3,(H,23,25). The van der Waals surface area contributed by atoms with E-state index < -0.39 is 10.0 Å². The molecule has 0 aliphatic rings. The normalized spacial score (nSPS) is 11.1. The summed E-state index contributed by atoms with van der Waals surface area (Å²) < 4.78 is 36.4. The highest BCUT2D eigenvalue weighted by molar-refractivity contribution is 14.1. The molecule has 0 saturated carbocycles. The molecule has 31 heavy (non-hydrogen) atoms. The lowest BCUT2D eigenvalue weighted by molar-refractivity contribution is 0.481. The third-order valence-electron chi connectivity index (χ3n) is 4.29. The van der Waals surface area contributed by atoms with Gasteiger partial charge >= 0.3 is 0 Å². The van der Waals surface area contributed by atoms with Gasteiger partial charge in [-0.3, -0.25) is 9.40 Å². The smallest absolute Gasteiger partial charge is 0.263 e. The molecule has 2 aromatic heterocycles. The Morgan fingerprint density at radius 1 is 1.16 bits per heavy atom. The molecule has 2 heterocycles. The fourth-order valence-electron chi connectivity index (χ4n) is 2.85. The molecule has 0 spiro atoms. The van der Waals surface area contributed by atoms with E-state index in [1.54, 1.807) is 22.3 Å². The van der Waals surface area contributed by atoms with Gasteiger partial charge in [0, 0.05) is 34.0 Å². The van der Waals surface area contributed by atoms with E-state index in [1.807, 2.05) is 31.3 Å². The van der Waals surface area contributed by atoms with Gasteiger partial charge in [-0.05, 0) is 65.1 Å². The van der Waals surface area contributed by atoms with Crippen molar-refractivity contribution in [3.05, 3.63) is 69.4 Å². The van der Waals surface area contributed by atoms with Gasteiger partial charge in [-0.2, -0.15) is 10.4 Å². The molecule has 156 valence electrons. The van der Waals surface area contributed by atoms with Crippen LogP contribution < -0.4 is 9.46 Å². The Kier molecular flexibility index (Phi) is 5.94. The minimum atomic E-state index is -3.88. The fourth-order valence-corrected chi connectivity index (χ4v) is 5.15. The number of nitrogens with zero attached hydrogens (tertiary/aromatic N) is 4. The number of aromatic nitrogens is 3. The molecule has 0 unspecified atom stereocenters. The van der Waals surface area contributed by atoms with Crippen LogP contribution in [0, 0.1) is 14.9 Å². The number of nitriles is 1. The van der Waals surface area contributed by atoms with Crippen LogP contribution in [0.4, 0.5) is 5.13 Å². The van der Waals surface area contributed by atoms with E-state index in [9.17, 15) is 13.7 Å². The SMILES string of the molecule is Cn1nccc1-c1cc(I)ccc1Oc1ccc(S(=O)(=O)Nc2nccs2)cc1C#N. The molecule has 4 rings (SSSR count). The van der Waals surface area contributed by atoms with Gasteiger partial charge in [0.2, 0.25) is 0 Å². The van der Waals surface area contributed by atoms with Gasteiger partial charge in [0.25, 0.3) is 10.0 Å². The number of sulfonamides is 1. The predicted molar refractivity (Wildman–Crippen MR) is 126 cm³/mol. The second-order valence-corrected chi connectivity index (χ2v) is 10.1. The Hall–Kier alpha value is -2.95. The summed E-state index contributed by atoms with van der Waals surface area (Å²) in [6, 6.07) is 13.7. The van der Waals surface area contributed by atoms with Crippen LogP contribution in [0.1, 0.15) is 5.56 Å². The van der Waals surface area contributed by atoms with Gasteiger partial charge in [0.1, 0.15) is 17.6 Å². The zero-order chi connectivity index (χ0) is 22.0. The molecular weight excluding hydrogens is 549 g/mol. The number of hydrogen-bond donors (Lipinski definition) is 1. The van der Waals surface area contributed by atoms with Gasteiger partial charge in [-0.1, -0.05) is 0 Å². The summed E-state index contributed by atoms with van der Waals surface area (Å²) in [5.41, 5.74) is 1.74. The lowest BCUT2D eigenvalue weighted by Gasteiger charge is -2.14. The minimum Gasteiger partial charge on any atom is -0.455 e. The van der Waals surface area contributed by atoms with Crippen molar-refractivity contribution in [3.63, 3.8) is 0 Å². The Labute approximate surface area is 196 Å². The maximum absolute atomic E-state index is 12.6. The Balaban J connectivity index is 1.70. The molecule has 2 aromatic carbocycles. The van der Waals surface area contributed by atoms with E-state index in [0.717, 1.165) is 26.2 Å². The van der Waals surface area contributed by atoms with Crippen molar-refractivity contribution in [1.29, 1.82) is 5.26 Å². The first-order valence-corrected chi connectivity index (χ1v) is 12.2. The maximum Gasteiger partial charge on any atom is 0.263 e. The highest BCUT2D eigenvalue weighted by Gasteiger charge is 2.19. The summed E-state index contributed by atoms with van der Waals surface area (Å²) in [7, 11) is -2.05. The third kappa shape index (κ3) is 4.55. The van der Waals surface area contributed by atoms with Crippen molar-refractivity contribution in [2.24, 2.45) is 7.05 Å². The molecule has 0 bridgehead atoms. The molecular formula is C20H14IN5O3S2. The summed E-state index contributed by atoms with van der Waals surface area (Å²) in [4.78, 5) is 3.87. The quantitative estimate of drug-likeness (QED) is 0.343. The van der Waals surface area contributed by atoms with E-state index in [-0.39, 0.29) is 21.3 Å². The summed E-state index contributed by atoms with van der Waals surface area (Å²) in [6.45, 7) is 0. The van der Waals surface area contributed by atoms with E-state index >= 15 is 0 Å². The van der Waals surface area contributed by atoms with E-state index in [4.69, 9.17) is 4.74 Å². The first-order chi connectivity index (χ1) is 14.9. The van der Waals surface area contributed by atoms with Crippen molar-refractivity contribution in [3.8, 4) is 28.8 Å². The first kappa shape index (κ1) is 21.3. The molecule has 0 atom stereocenters. The van der Waals surface area contributed by atoms with Crippen LogP contribution in [0.3, 0.4) is 0 Å². The average molecular weight is 563 g/mol. The Morgan fingerprint density at radius 2 is 1.97 bits per heavy atom. The number of rotatable bonds is 6. The predicted octanol–water partition coefficient (Wildman–Crippen LogP) is 4.61. The molecule has 0 aliphatic carbocycles. The van der Waals surface area contributed by atoms with Crippen LogP contribution in [-0.2, 0) is 17.1 Å². The fraction of sp³-hybridized carbons (Fsp3) is 0.0500. The van der Waals surface area contributed by atoms with Crippen molar-refractivity contribution in [1.82, 2.24) is 14.8 Å². The van der Waals surface area contributed by atoms with Gasteiger partial charge in [0.15, 0.2) is 5.13 Å². The van der Waals surface area contributed by atoms with Gasteiger partial charge in [-0.25, -0.2) is 13.4 Å². The zero-order valence-corrected chi connectivity index (χ0v) is 19.8. The van der Waals surface area contributed by atoms with Gasteiger partial charge < -0.3 is 4.74 Å². The second-order valence-electron chi connectivity index (χ2n) is 6.30. The van der Waals surface area contributed by atoms with Crippen molar-refractivity contribution < 1.29 is 13.2 Å². The maximum atomic E-state index is 12.6. The second kappa shape index (κ2) is 8.66. The number of nitrogens with one attached hydrogen (secondary N) is 1. The van der Waals surface area contributed by atoms with E-state index in [0.29, 0.717) is 5.75 Å². The van der Waals surface area contributed by atoms with Crippen LogP contribution in [0.25, 0.3) is 11.3 Å². The Bertz CT molecular complexity index is 1390. The van der Waals surface area contributed by atoms with Crippen LogP contribution in [0.5, 0.6) is 11.5 Å². The highest BCUT2D eigenvalue weighted by atomic mass is 127. The van der Waals surface area contributed by atoms with Crippen molar-refractivity contribution in [2.75, 3.05) is 4.72 Å². The number of halogens is 1. The van der Waals surface area contributed by atoms with Crippen molar-refractivity contribution in [2.45, 2.75) is 4.90 Å². The summed E-state index contributed by atoms with van der Waals surface area (Å²) in [6.07, 6.45) is 3.19. The largest absolute Gasteiger partial charge is 0.455 e. The highest BCUT2D eigenvalue weighted by Crippen LogP contribution is 2.36. The molecule has 1 N–H and O–H groups in total. The number of benzene rings is 2. The Morgan fingerprint density at radius 3 is 2.65 bits per heavy atom. The number of ether oxygens (including phenoxy) is 1. The summed E-state index contributed by atoms with van der Waals surface area (Å²) in [5, 5.41) is 15.7. The third-order valence-corrected chi connectivity index (χ3v) is 7.12. The van der Waals surface area contributed by atoms with E-state index in [2.05, 4.69) is 37.4 Å². The lowest BCUT2D eigenvalue weighted by Crippen LogP contribution is -2.13. The molecule has 0 saturated heterocycles. The lowest BCUT2D eigenvalue weighted by atomic mass is 10.1. The number of aryl methyl sites for hydroxylation is 1. The molecule has 0 amide bonds. The summed E-state index contributed by atoms with van der Waals surface area (Å²) in [5.74, 6) is 0.775. The topological polar surface area (TPSA) is 110 Å². The monoisotopic (exact) mass is 563 g/mol. The molecule has 0 radical (unpaired) electrons. The molecule has 0 fully saturated rings. The average Bonchev–Trinajstić information content (AvgIpc) is 3.40. The van der Waals surface area contributed by atoms with Gasteiger partial charge in [-0.15, -0.1) is 11.3 Å². The van der Waals surface area contributed by atoms with Crippen molar-refractivity contribution >= 4 is 49.1 Å². The summed E-state index contributed by atoms with van der Waals surface area (Å²) >= 11 is 3.37. The first-order valence-electron chi connectivity index (χ1n) is 8.79. The van der Waals surface area contributed by atoms with Crippen LogP contribution in [0.15, 0.2) is 65.1 Å². The number of hydrogen-bond acceptors (Lipinski definition) is 7. The molecule has 11 heteroatoms. The van der Waals surface area contributed by atoms with Crippen LogP contribution in [0.2, 0.25) is 0 Å². The van der Waals surface area contributed by atoms with Crippen LogP contribution in [-0.4, -0.2) is 23.2 Å². The molecule has 8 nitrogen and oxygen atoms in total. The molecule has 4 aromatic rings. The van der Waals surface area contributed by atoms with Gasteiger partial charge in [0.05, 0.1) is 16.2 Å². The number of thiazole rings is 1. The zero-order valence-electron chi connectivity index (χ0n) is 16.0. The van der Waals surface area contributed by atoms with E-state index in [1.165, 1.54) is 24.4 Å². The minimum absolute atomic E-state index is 0.0546. The van der Waals surface area contributed by atoms with Crippen LogP contribution >= 0.6 is 33.9 Å². The number of anilines is 1.